The zero-order valence-electron chi connectivity index (χ0n) is 19.2. The zero-order chi connectivity index (χ0) is 24.6. The van der Waals surface area contributed by atoms with Gasteiger partial charge in [0.1, 0.15) is 11.2 Å². The SMILES string of the molecule is CC(O)(C1=NC(N)=NC(c2c[nH]c3ncc(-c4cnn(CCC(N)=O)c4)cc23)C1)c1ccccc1. The molecule has 0 fully saturated rings. The number of rotatable bonds is 7. The van der Waals surface area contributed by atoms with E-state index in [0.717, 1.165) is 33.3 Å². The molecule has 0 spiro atoms. The summed E-state index contributed by atoms with van der Waals surface area (Å²) in [5.41, 5.74) is 14.7. The number of aromatic amines is 1. The summed E-state index contributed by atoms with van der Waals surface area (Å²) in [4.78, 5) is 27.8. The molecule has 0 saturated carbocycles. The second kappa shape index (κ2) is 8.80. The lowest BCUT2D eigenvalue weighted by atomic mass is 9.85. The molecule has 0 bridgehead atoms. The minimum Gasteiger partial charge on any atom is -0.379 e. The number of nitrogens with zero attached hydrogens (tertiary/aromatic N) is 5. The highest BCUT2D eigenvalue weighted by atomic mass is 16.3. The number of fused-ring (bicyclic) bond motifs is 1. The molecule has 1 aromatic carbocycles. The predicted molar refractivity (Wildman–Crippen MR) is 134 cm³/mol. The van der Waals surface area contributed by atoms with Gasteiger partial charge >= 0.3 is 0 Å². The van der Waals surface area contributed by atoms with E-state index in [1.54, 1.807) is 24.0 Å². The molecule has 1 aliphatic heterocycles. The molecule has 0 saturated heterocycles. The number of aryl methyl sites for hydroxylation is 1. The van der Waals surface area contributed by atoms with E-state index in [1.807, 2.05) is 48.8 Å². The number of carbonyl (C=O) groups is 1. The largest absolute Gasteiger partial charge is 0.379 e. The van der Waals surface area contributed by atoms with Crippen LogP contribution in [0.3, 0.4) is 0 Å². The van der Waals surface area contributed by atoms with Crippen molar-refractivity contribution < 1.29 is 9.90 Å². The van der Waals surface area contributed by atoms with Crippen LogP contribution in [0.15, 0.2) is 71.2 Å². The number of primary amides is 1. The van der Waals surface area contributed by atoms with Crippen molar-refractivity contribution >= 4 is 28.6 Å². The van der Waals surface area contributed by atoms with Crippen molar-refractivity contribution in [2.24, 2.45) is 21.5 Å². The van der Waals surface area contributed by atoms with Crippen molar-refractivity contribution in [3.8, 4) is 11.1 Å². The molecule has 2 unspecified atom stereocenters. The lowest BCUT2D eigenvalue weighted by Crippen LogP contribution is -2.37. The van der Waals surface area contributed by atoms with Crippen LogP contribution in [0, 0.1) is 0 Å². The van der Waals surface area contributed by atoms with Gasteiger partial charge in [-0.3, -0.25) is 9.48 Å². The molecular weight excluding hydrogens is 444 g/mol. The van der Waals surface area contributed by atoms with Gasteiger partial charge in [0.25, 0.3) is 0 Å². The highest BCUT2D eigenvalue weighted by molar-refractivity contribution is 6.03. The third-order valence-electron chi connectivity index (χ3n) is 6.30. The first-order valence-electron chi connectivity index (χ1n) is 11.3. The fourth-order valence-corrected chi connectivity index (χ4v) is 4.33. The Morgan fingerprint density at radius 3 is 2.83 bits per heavy atom. The number of guanidine groups is 1. The second-order valence-corrected chi connectivity index (χ2v) is 8.78. The van der Waals surface area contributed by atoms with E-state index >= 15 is 0 Å². The molecular formula is C25H26N8O2. The quantitative estimate of drug-likeness (QED) is 0.326. The maximum Gasteiger partial charge on any atom is 0.219 e. The van der Waals surface area contributed by atoms with E-state index in [1.165, 1.54) is 0 Å². The van der Waals surface area contributed by atoms with Crippen molar-refractivity contribution in [3.63, 3.8) is 0 Å². The number of pyridine rings is 1. The molecule has 4 heterocycles. The molecule has 2 atom stereocenters. The number of amides is 1. The summed E-state index contributed by atoms with van der Waals surface area (Å²) in [7, 11) is 0. The van der Waals surface area contributed by atoms with Gasteiger partial charge in [-0.2, -0.15) is 5.10 Å². The van der Waals surface area contributed by atoms with Crippen LogP contribution < -0.4 is 11.5 Å². The lowest BCUT2D eigenvalue weighted by Gasteiger charge is -2.30. The Bertz CT molecular complexity index is 1450. The van der Waals surface area contributed by atoms with Gasteiger partial charge in [0, 0.05) is 60.1 Å². The Morgan fingerprint density at radius 2 is 2.06 bits per heavy atom. The lowest BCUT2D eigenvalue weighted by molar-refractivity contribution is -0.118. The monoisotopic (exact) mass is 470 g/mol. The van der Waals surface area contributed by atoms with E-state index in [4.69, 9.17) is 11.5 Å². The standard InChI is InChI=1S/C25H26N8O2/c1-25(35,17-5-3-2-4-6-17)21-10-20(31-24(27)32-21)19-13-29-23-18(19)9-15(11-28-23)16-12-30-33(14-16)8-7-22(26)34/h2-6,9,11-14,20,35H,7-8,10H2,1H3,(H2,26,34)(H2,27,31)(H,28,29). The number of nitrogens with one attached hydrogen (secondary N) is 1. The van der Waals surface area contributed by atoms with Crippen LogP contribution in [-0.2, 0) is 16.9 Å². The number of benzene rings is 1. The van der Waals surface area contributed by atoms with Crippen LogP contribution in [-0.4, -0.2) is 42.4 Å². The summed E-state index contributed by atoms with van der Waals surface area (Å²) in [6, 6.07) is 11.1. The highest BCUT2D eigenvalue weighted by Gasteiger charge is 2.34. The van der Waals surface area contributed by atoms with Gasteiger partial charge in [0.05, 0.1) is 18.0 Å². The number of H-pyrrole nitrogens is 1. The van der Waals surface area contributed by atoms with Gasteiger partial charge in [-0.15, -0.1) is 0 Å². The van der Waals surface area contributed by atoms with Gasteiger partial charge in [-0.05, 0) is 18.6 Å². The number of hydrogen-bond donors (Lipinski definition) is 4. The van der Waals surface area contributed by atoms with Crippen molar-refractivity contribution in [1.82, 2.24) is 19.7 Å². The number of nitrogens with two attached hydrogens (primary N) is 2. The summed E-state index contributed by atoms with van der Waals surface area (Å²) in [5.74, 6) is -0.245. The summed E-state index contributed by atoms with van der Waals surface area (Å²) in [6.07, 6.45) is 7.86. The topological polar surface area (TPSA) is 161 Å². The number of carbonyl (C=O) groups excluding carboxylic acids is 1. The molecule has 1 aliphatic rings. The number of hydrogen-bond acceptors (Lipinski definition) is 7. The molecule has 10 heteroatoms. The summed E-state index contributed by atoms with van der Waals surface area (Å²) < 4.78 is 1.68. The molecule has 3 aromatic heterocycles. The van der Waals surface area contributed by atoms with Crippen molar-refractivity contribution in [2.75, 3.05) is 0 Å². The predicted octanol–water partition coefficient (Wildman–Crippen LogP) is 2.41. The third kappa shape index (κ3) is 4.43. The molecule has 178 valence electrons. The van der Waals surface area contributed by atoms with Gasteiger partial charge < -0.3 is 21.6 Å². The molecule has 4 aromatic rings. The van der Waals surface area contributed by atoms with E-state index in [-0.39, 0.29) is 24.3 Å². The maximum absolute atomic E-state index is 11.3. The summed E-state index contributed by atoms with van der Waals surface area (Å²) in [5, 5.41) is 16.5. The molecule has 10 nitrogen and oxygen atoms in total. The van der Waals surface area contributed by atoms with Crippen LogP contribution in [0.2, 0.25) is 0 Å². The Morgan fingerprint density at radius 1 is 1.26 bits per heavy atom. The Labute approximate surface area is 201 Å². The van der Waals surface area contributed by atoms with Crippen LogP contribution in [0.25, 0.3) is 22.2 Å². The first kappa shape index (κ1) is 22.5. The van der Waals surface area contributed by atoms with Crippen LogP contribution in [0.4, 0.5) is 0 Å². The molecule has 5 rings (SSSR count). The minimum atomic E-state index is -1.28. The molecule has 6 N–H and O–H groups in total. The van der Waals surface area contributed by atoms with Gasteiger partial charge in [-0.25, -0.2) is 15.0 Å². The average Bonchev–Trinajstić information content (AvgIpc) is 3.50. The van der Waals surface area contributed by atoms with Gasteiger partial charge in [0.2, 0.25) is 11.9 Å². The van der Waals surface area contributed by atoms with Crippen LogP contribution in [0.5, 0.6) is 0 Å². The van der Waals surface area contributed by atoms with Crippen molar-refractivity contribution in [3.05, 3.63) is 72.3 Å². The molecule has 0 radical (unpaired) electrons. The first-order valence-corrected chi connectivity index (χ1v) is 11.3. The zero-order valence-corrected chi connectivity index (χ0v) is 19.2. The van der Waals surface area contributed by atoms with Crippen LogP contribution >= 0.6 is 0 Å². The van der Waals surface area contributed by atoms with E-state index in [9.17, 15) is 9.90 Å². The van der Waals surface area contributed by atoms with E-state index < -0.39 is 5.60 Å². The van der Waals surface area contributed by atoms with E-state index in [0.29, 0.717) is 18.7 Å². The van der Waals surface area contributed by atoms with Gasteiger partial charge in [-0.1, -0.05) is 30.3 Å². The highest BCUT2D eigenvalue weighted by Crippen LogP contribution is 2.36. The fraction of sp³-hybridized carbons (Fsp3) is 0.240. The molecule has 1 amide bonds. The van der Waals surface area contributed by atoms with E-state index in [2.05, 4.69) is 25.1 Å². The van der Waals surface area contributed by atoms with Crippen LogP contribution in [0.1, 0.15) is 36.9 Å². The second-order valence-electron chi connectivity index (χ2n) is 8.78. The number of aliphatic imine (C=N–C) groups is 2. The van der Waals surface area contributed by atoms with Gasteiger partial charge in [0.15, 0.2) is 0 Å². The Kier molecular flexibility index (Phi) is 5.65. The minimum absolute atomic E-state index is 0.127. The number of aromatic nitrogens is 4. The average molecular weight is 471 g/mol. The summed E-state index contributed by atoms with van der Waals surface area (Å²) in [6.45, 7) is 2.14. The first-order chi connectivity index (χ1) is 16.8. The Balaban J connectivity index is 1.45. The third-order valence-corrected chi connectivity index (χ3v) is 6.30. The smallest absolute Gasteiger partial charge is 0.219 e. The normalized spacial score (nSPS) is 17.6. The Hall–Kier alpha value is -4.31. The number of aliphatic hydroxyl groups is 1. The fourth-order valence-electron chi connectivity index (χ4n) is 4.33. The molecule has 35 heavy (non-hydrogen) atoms. The van der Waals surface area contributed by atoms with Crippen molar-refractivity contribution in [1.29, 1.82) is 0 Å². The van der Waals surface area contributed by atoms with Crippen molar-refractivity contribution in [2.45, 2.75) is 38.0 Å². The molecule has 0 aliphatic carbocycles. The summed E-state index contributed by atoms with van der Waals surface area (Å²) >= 11 is 0. The maximum atomic E-state index is 11.3.